The quantitative estimate of drug-likeness (QED) is 0.684. The molecular formula is C15H18NO2S. The molecule has 0 saturated carbocycles. The van der Waals surface area contributed by atoms with E-state index < -0.39 is 0 Å². The zero-order valence-corrected chi connectivity index (χ0v) is 11.8. The zero-order chi connectivity index (χ0) is 13.3. The van der Waals surface area contributed by atoms with Gasteiger partial charge in [-0.15, -0.1) is 11.3 Å². The smallest absolute Gasteiger partial charge is 0.174 e. The van der Waals surface area contributed by atoms with Crippen LogP contribution < -0.4 is 9.47 Å². The molecule has 2 aromatic rings. The van der Waals surface area contributed by atoms with Gasteiger partial charge in [-0.1, -0.05) is 0 Å². The van der Waals surface area contributed by atoms with Gasteiger partial charge in [-0.2, -0.15) is 0 Å². The van der Waals surface area contributed by atoms with Gasteiger partial charge in [0.2, 0.25) is 0 Å². The molecule has 0 aliphatic carbocycles. The molecule has 0 aliphatic heterocycles. The fraction of sp³-hybridized carbons (Fsp3) is 0.333. The second-order valence-electron chi connectivity index (χ2n) is 4.17. The van der Waals surface area contributed by atoms with Crippen LogP contribution in [-0.4, -0.2) is 17.7 Å². The van der Waals surface area contributed by atoms with Crippen LogP contribution in [0.5, 0.6) is 10.8 Å². The Kier molecular flexibility index (Phi) is 5.69. The first-order chi connectivity index (χ1) is 9.34. The molecule has 0 spiro atoms. The Morgan fingerprint density at radius 2 is 2.32 bits per heavy atom. The number of pyridine rings is 1. The molecule has 1 atom stereocenters. The number of unbranched alkanes of at least 4 members (excludes halogenated alkanes) is 1. The molecule has 0 aromatic carbocycles. The fourth-order valence-corrected chi connectivity index (χ4v) is 2.28. The first-order valence-electron chi connectivity index (χ1n) is 6.41. The molecule has 0 aliphatic rings. The van der Waals surface area contributed by atoms with Crippen LogP contribution in [0.4, 0.5) is 0 Å². The average molecular weight is 276 g/mol. The fourth-order valence-electron chi connectivity index (χ4n) is 1.62. The maximum absolute atomic E-state index is 5.73. The third-order valence-electron chi connectivity index (χ3n) is 2.55. The van der Waals surface area contributed by atoms with E-state index in [0.29, 0.717) is 6.61 Å². The highest BCUT2D eigenvalue weighted by Crippen LogP contribution is 2.20. The molecule has 1 radical (unpaired) electrons. The van der Waals surface area contributed by atoms with Crippen molar-refractivity contribution in [3.63, 3.8) is 0 Å². The number of hydrogen-bond donors (Lipinski definition) is 0. The van der Waals surface area contributed by atoms with Gasteiger partial charge in [0.15, 0.2) is 5.06 Å². The van der Waals surface area contributed by atoms with Crippen LogP contribution in [0, 0.1) is 6.42 Å². The molecule has 1 unspecified atom stereocenters. The van der Waals surface area contributed by atoms with E-state index in [4.69, 9.17) is 9.47 Å². The Morgan fingerprint density at radius 1 is 1.37 bits per heavy atom. The van der Waals surface area contributed by atoms with Crippen molar-refractivity contribution < 1.29 is 9.47 Å². The van der Waals surface area contributed by atoms with Crippen molar-refractivity contribution in [2.75, 3.05) is 6.61 Å². The lowest BCUT2D eigenvalue weighted by Gasteiger charge is -2.12. The van der Waals surface area contributed by atoms with E-state index in [1.54, 1.807) is 23.7 Å². The Balaban J connectivity index is 1.54. The minimum atomic E-state index is 0.136. The van der Waals surface area contributed by atoms with E-state index in [1.807, 2.05) is 29.6 Å². The van der Waals surface area contributed by atoms with Crippen LogP contribution >= 0.6 is 11.3 Å². The Labute approximate surface area is 118 Å². The monoisotopic (exact) mass is 276 g/mol. The van der Waals surface area contributed by atoms with E-state index in [-0.39, 0.29) is 6.10 Å². The molecule has 2 rings (SSSR count). The van der Waals surface area contributed by atoms with Crippen molar-refractivity contribution in [3.8, 4) is 10.8 Å². The lowest BCUT2D eigenvalue weighted by Crippen LogP contribution is -2.12. The van der Waals surface area contributed by atoms with E-state index >= 15 is 0 Å². The van der Waals surface area contributed by atoms with E-state index in [1.165, 1.54) is 0 Å². The van der Waals surface area contributed by atoms with Crippen LogP contribution in [-0.2, 0) is 0 Å². The van der Waals surface area contributed by atoms with Crippen molar-refractivity contribution in [2.24, 2.45) is 0 Å². The van der Waals surface area contributed by atoms with Crippen molar-refractivity contribution in [3.05, 3.63) is 48.5 Å². The lowest BCUT2D eigenvalue weighted by atomic mass is 10.2. The number of rotatable bonds is 8. The summed E-state index contributed by atoms with van der Waals surface area (Å²) in [5.41, 5.74) is 0. The summed E-state index contributed by atoms with van der Waals surface area (Å²) in [6.07, 6.45) is 7.74. The topological polar surface area (TPSA) is 31.4 Å². The maximum Gasteiger partial charge on any atom is 0.174 e. The molecule has 3 nitrogen and oxygen atoms in total. The van der Waals surface area contributed by atoms with Gasteiger partial charge in [-0.05, 0) is 49.4 Å². The van der Waals surface area contributed by atoms with Gasteiger partial charge in [0.05, 0.1) is 12.8 Å². The highest BCUT2D eigenvalue weighted by atomic mass is 32.1. The van der Waals surface area contributed by atoms with Gasteiger partial charge in [0, 0.05) is 12.6 Å². The molecule has 2 heterocycles. The van der Waals surface area contributed by atoms with E-state index in [2.05, 4.69) is 18.3 Å². The van der Waals surface area contributed by atoms with Gasteiger partial charge < -0.3 is 9.47 Å². The van der Waals surface area contributed by atoms with Gasteiger partial charge in [0.1, 0.15) is 11.9 Å². The lowest BCUT2D eigenvalue weighted by molar-refractivity contribution is 0.250. The summed E-state index contributed by atoms with van der Waals surface area (Å²) < 4.78 is 11.3. The Morgan fingerprint density at radius 3 is 3.05 bits per heavy atom. The normalized spacial score (nSPS) is 12.1. The number of thiophene rings is 1. The van der Waals surface area contributed by atoms with Crippen molar-refractivity contribution in [1.82, 2.24) is 4.98 Å². The molecule has 2 aromatic heterocycles. The van der Waals surface area contributed by atoms with Gasteiger partial charge in [0.25, 0.3) is 0 Å². The van der Waals surface area contributed by atoms with Gasteiger partial charge in [-0.3, -0.25) is 4.98 Å². The Bertz CT molecular complexity index is 444. The van der Waals surface area contributed by atoms with E-state index in [0.717, 1.165) is 23.7 Å². The van der Waals surface area contributed by atoms with Gasteiger partial charge >= 0.3 is 0 Å². The maximum atomic E-state index is 5.73. The molecule has 4 heteroatoms. The molecule has 19 heavy (non-hydrogen) atoms. The molecule has 0 amide bonds. The minimum absolute atomic E-state index is 0.136. The number of nitrogens with zero attached hydrogens (tertiary/aromatic N) is 1. The summed E-state index contributed by atoms with van der Waals surface area (Å²) in [5.74, 6) is 0.824. The van der Waals surface area contributed by atoms with Crippen LogP contribution in [0.25, 0.3) is 0 Å². The second kappa shape index (κ2) is 7.79. The first kappa shape index (κ1) is 13.9. The summed E-state index contributed by atoms with van der Waals surface area (Å²) in [6.45, 7) is 2.76. The van der Waals surface area contributed by atoms with Crippen molar-refractivity contribution >= 4 is 11.3 Å². The molecule has 0 fully saturated rings. The highest BCUT2D eigenvalue weighted by Gasteiger charge is 2.04. The third-order valence-corrected chi connectivity index (χ3v) is 3.31. The zero-order valence-electron chi connectivity index (χ0n) is 11.0. The molecule has 0 bridgehead atoms. The van der Waals surface area contributed by atoms with Gasteiger partial charge in [-0.25, -0.2) is 0 Å². The summed E-state index contributed by atoms with van der Waals surface area (Å²) in [5, 5.41) is 2.99. The predicted octanol–water partition coefficient (Wildman–Crippen LogP) is 3.97. The van der Waals surface area contributed by atoms with Crippen LogP contribution in [0.15, 0.2) is 42.0 Å². The van der Waals surface area contributed by atoms with Crippen LogP contribution in [0.2, 0.25) is 0 Å². The summed E-state index contributed by atoms with van der Waals surface area (Å²) in [7, 11) is 0. The number of ether oxygens (including phenoxy) is 2. The standard InChI is InChI=1S/C15H18NO2S/c1-13(18-15-8-5-11-19-15)6-2-3-10-17-14-7-4-9-16-12-14/h4-9,11-13H,2-3,10H2,1H3. The highest BCUT2D eigenvalue weighted by molar-refractivity contribution is 7.11. The minimum Gasteiger partial charge on any atom is -0.492 e. The summed E-state index contributed by atoms with van der Waals surface area (Å²) >= 11 is 1.62. The number of aromatic nitrogens is 1. The number of hydrogen-bond acceptors (Lipinski definition) is 4. The SMILES string of the molecule is CC([CH]CCCOc1cccnc1)Oc1cccs1. The largest absolute Gasteiger partial charge is 0.492 e. The summed E-state index contributed by atoms with van der Waals surface area (Å²) in [4.78, 5) is 4.00. The van der Waals surface area contributed by atoms with Crippen LogP contribution in [0.1, 0.15) is 19.8 Å². The molecular weight excluding hydrogens is 258 g/mol. The Hall–Kier alpha value is -1.55. The van der Waals surface area contributed by atoms with Crippen molar-refractivity contribution in [2.45, 2.75) is 25.9 Å². The average Bonchev–Trinajstić information content (AvgIpc) is 2.92. The second-order valence-corrected chi connectivity index (χ2v) is 5.08. The van der Waals surface area contributed by atoms with E-state index in [9.17, 15) is 0 Å². The molecule has 0 N–H and O–H groups in total. The van der Waals surface area contributed by atoms with Crippen molar-refractivity contribution in [1.29, 1.82) is 0 Å². The summed E-state index contributed by atoms with van der Waals surface area (Å²) in [6, 6.07) is 7.77. The first-order valence-corrected chi connectivity index (χ1v) is 7.29. The molecule has 0 saturated heterocycles. The predicted molar refractivity (Wildman–Crippen MR) is 77.7 cm³/mol. The third kappa shape index (κ3) is 5.30. The molecule has 101 valence electrons. The van der Waals surface area contributed by atoms with Crippen LogP contribution in [0.3, 0.4) is 0 Å².